The number of rotatable bonds is 5. The SMILES string of the molecule is CN(C1CCCCC1)C(CC(N)=S)c1ccccc1. The molecule has 0 heterocycles. The largest absolute Gasteiger partial charge is 0.393 e. The number of thiocarbonyl (C=S) groups is 1. The van der Waals surface area contributed by atoms with E-state index in [2.05, 4.69) is 42.3 Å². The van der Waals surface area contributed by atoms with Crippen molar-refractivity contribution in [2.75, 3.05) is 7.05 Å². The summed E-state index contributed by atoms with van der Waals surface area (Å²) in [5.41, 5.74) is 7.13. The molecule has 0 bridgehead atoms. The van der Waals surface area contributed by atoms with E-state index < -0.39 is 0 Å². The van der Waals surface area contributed by atoms with Crippen LogP contribution in [-0.4, -0.2) is 23.0 Å². The van der Waals surface area contributed by atoms with Crippen LogP contribution in [0.4, 0.5) is 0 Å². The van der Waals surface area contributed by atoms with Crippen molar-refractivity contribution < 1.29 is 0 Å². The second-order valence-electron chi connectivity index (χ2n) is 5.55. The fraction of sp³-hybridized carbons (Fsp3) is 0.562. The third-order valence-corrected chi connectivity index (χ3v) is 4.39. The van der Waals surface area contributed by atoms with Gasteiger partial charge in [-0.2, -0.15) is 0 Å². The first-order valence-electron chi connectivity index (χ1n) is 7.23. The van der Waals surface area contributed by atoms with Crippen LogP contribution in [0.3, 0.4) is 0 Å². The lowest BCUT2D eigenvalue weighted by Crippen LogP contribution is -2.38. The Balaban J connectivity index is 2.14. The maximum absolute atomic E-state index is 5.80. The van der Waals surface area contributed by atoms with Crippen LogP contribution in [0.15, 0.2) is 30.3 Å². The molecule has 0 aliphatic heterocycles. The highest BCUT2D eigenvalue weighted by Crippen LogP contribution is 2.30. The Morgan fingerprint density at radius 3 is 2.47 bits per heavy atom. The van der Waals surface area contributed by atoms with E-state index in [1.165, 1.54) is 37.7 Å². The zero-order valence-electron chi connectivity index (χ0n) is 11.7. The van der Waals surface area contributed by atoms with E-state index in [1.54, 1.807) is 0 Å². The van der Waals surface area contributed by atoms with Crippen molar-refractivity contribution in [2.24, 2.45) is 5.73 Å². The van der Waals surface area contributed by atoms with Crippen LogP contribution in [-0.2, 0) is 0 Å². The summed E-state index contributed by atoms with van der Waals surface area (Å²) >= 11 is 5.14. The molecule has 1 aromatic rings. The molecule has 19 heavy (non-hydrogen) atoms. The van der Waals surface area contributed by atoms with Crippen molar-refractivity contribution in [3.8, 4) is 0 Å². The van der Waals surface area contributed by atoms with Gasteiger partial charge in [-0.3, -0.25) is 4.90 Å². The summed E-state index contributed by atoms with van der Waals surface area (Å²) in [5.74, 6) is 0. The van der Waals surface area contributed by atoms with E-state index in [0.29, 0.717) is 17.1 Å². The van der Waals surface area contributed by atoms with Crippen molar-refractivity contribution in [2.45, 2.75) is 50.6 Å². The van der Waals surface area contributed by atoms with Crippen LogP contribution in [0.2, 0.25) is 0 Å². The highest BCUT2D eigenvalue weighted by Gasteiger charge is 2.25. The Labute approximate surface area is 122 Å². The summed E-state index contributed by atoms with van der Waals surface area (Å²) in [4.78, 5) is 3.10. The van der Waals surface area contributed by atoms with Gasteiger partial charge in [-0.1, -0.05) is 61.8 Å². The minimum atomic E-state index is 0.321. The van der Waals surface area contributed by atoms with Gasteiger partial charge in [0.1, 0.15) is 0 Å². The van der Waals surface area contributed by atoms with E-state index in [1.807, 2.05) is 0 Å². The van der Waals surface area contributed by atoms with Gasteiger partial charge in [0.25, 0.3) is 0 Å². The Hall–Kier alpha value is -0.930. The van der Waals surface area contributed by atoms with Gasteiger partial charge in [-0.25, -0.2) is 0 Å². The van der Waals surface area contributed by atoms with Crippen molar-refractivity contribution in [3.63, 3.8) is 0 Å². The number of hydrogen-bond acceptors (Lipinski definition) is 2. The molecule has 3 heteroatoms. The Morgan fingerprint density at radius 2 is 1.89 bits per heavy atom. The lowest BCUT2D eigenvalue weighted by molar-refractivity contribution is 0.140. The molecule has 1 aliphatic carbocycles. The predicted octanol–water partition coefficient (Wildman–Crippen LogP) is 3.67. The van der Waals surface area contributed by atoms with Gasteiger partial charge < -0.3 is 5.73 Å². The lowest BCUT2D eigenvalue weighted by Gasteiger charge is -2.37. The van der Waals surface area contributed by atoms with Crippen LogP contribution in [0.1, 0.15) is 50.1 Å². The molecule has 104 valence electrons. The van der Waals surface area contributed by atoms with Crippen LogP contribution < -0.4 is 5.73 Å². The topological polar surface area (TPSA) is 29.3 Å². The van der Waals surface area contributed by atoms with Gasteiger partial charge in [-0.15, -0.1) is 0 Å². The summed E-state index contributed by atoms with van der Waals surface area (Å²) in [7, 11) is 2.23. The summed E-state index contributed by atoms with van der Waals surface area (Å²) in [5, 5.41) is 0. The second kappa shape index (κ2) is 7.01. The highest BCUT2D eigenvalue weighted by molar-refractivity contribution is 7.80. The summed E-state index contributed by atoms with van der Waals surface area (Å²) in [6, 6.07) is 11.6. The molecule has 1 unspecified atom stereocenters. The Kier molecular flexibility index (Phi) is 5.34. The van der Waals surface area contributed by atoms with Crippen LogP contribution in [0.5, 0.6) is 0 Å². The summed E-state index contributed by atoms with van der Waals surface area (Å²) in [6.45, 7) is 0. The van der Waals surface area contributed by atoms with Crippen molar-refractivity contribution >= 4 is 17.2 Å². The average Bonchev–Trinajstić information content (AvgIpc) is 2.46. The van der Waals surface area contributed by atoms with Crippen molar-refractivity contribution in [3.05, 3.63) is 35.9 Å². The van der Waals surface area contributed by atoms with E-state index in [9.17, 15) is 0 Å². The average molecular weight is 276 g/mol. The van der Waals surface area contributed by atoms with E-state index in [-0.39, 0.29) is 0 Å². The van der Waals surface area contributed by atoms with Gasteiger partial charge in [0, 0.05) is 18.5 Å². The van der Waals surface area contributed by atoms with Gasteiger partial charge in [-0.05, 0) is 25.5 Å². The molecular formula is C16H24N2S. The molecule has 0 saturated heterocycles. The molecule has 2 N–H and O–H groups in total. The fourth-order valence-corrected chi connectivity index (χ4v) is 3.26. The molecule has 2 rings (SSSR count). The molecule has 1 aliphatic rings. The maximum Gasteiger partial charge on any atom is 0.0746 e. The number of nitrogens with two attached hydrogens (primary N) is 1. The molecule has 0 spiro atoms. The predicted molar refractivity (Wildman–Crippen MR) is 85.2 cm³/mol. The lowest BCUT2D eigenvalue weighted by atomic mass is 9.91. The Morgan fingerprint density at radius 1 is 1.26 bits per heavy atom. The number of benzene rings is 1. The molecule has 1 aromatic carbocycles. The Bertz CT molecular complexity index is 398. The standard InChI is InChI=1S/C16H24N2S/c1-18(14-10-6-3-7-11-14)15(12-16(17)19)13-8-4-2-5-9-13/h2,4-5,8-9,14-15H,3,6-7,10-12H2,1H3,(H2,17,19). The van der Waals surface area contributed by atoms with Gasteiger partial charge in [0.15, 0.2) is 0 Å². The van der Waals surface area contributed by atoms with Crippen LogP contribution in [0.25, 0.3) is 0 Å². The number of nitrogens with zero attached hydrogens (tertiary/aromatic N) is 1. The molecule has 2 nitrogen and oxygen atoms in total. The summed E-state index contributed by atoms with van der Waals surface area (Å²) < 4.78 is 0. The zero-order chi connectivity index (χ0) is 13.7. The smallest absolute Gasteiger partial charge is 0.0746 e. The van der Waals surface area contributed by atoms with E-state index in [4.69, 9.17) is 18.0 Å². The van der Waals surface area contributed by atoms with Crippen molar-refractivity contribution in [1.82, 2.24) is 4.90 Å². The summed E-state index contributed by atoms with van der Waals surface area (Å²) in [6.07, 6.45) is 7.46. The minimum Gasteiger partial charge on any atom is -0.393 e. The molecule has 1 saturated carbocycles. The molecular weight excluding hydrogens is 252 g/mol. The zero-order valence-corrected chi connectivity index (χ0v) is 12.5. The highest BCUT2D eigenvalue weighted by atomic mass is 32.1. The third-order valence-electron chi connectivity index (χ3n) is 4.22. The van der Waals surface area contributed by atoms with E-state index >= 15 is 0 Å². The van der Waals surface area contributed by atoms with Crippen LogP contribution >= 0.6 is 12.2 Å². The number of hydrogen-bond donors (Lipinski definition) is 1. The molecule has 1 fully saturated rings. The fourth-order valence-electron chi connectivity index (χ4n) is 3.11. The van der Waals surface area contributed by atoms with Gasteiger partial charge in [0.2, 0.25) is 0 Å². The van der Waals surface area contributed by atoms with Gasteiger partial charge in [0.05, 0.1) is 4.99 Å². The molecule has 0 aromatic heterocycles. The first kappa shape index (κ1) is 14.5. The molecule has 0 radical (unpaired) electrons. The van der Waals surface area contributed by atoms with Crippen molar-refractivity contribution in [1.29, 1.82) is 0 Å². The minimum absolute atomic E-state index is 0.321. The first-order valence-corrected chi connectivity index (χ1v) is 7.64. The quantitative estimate of drug-likeness (QED) is 0.832. The second-order valence-corrected chi connectivity index (χ2v) is 6.08. The molecule has 0 amide bonds. The molecule has 1 atom stereocenters. The first-order chi connectivity index (χ1) is 9.18. The maximum atomic E-state index is 5.80. The normalized spacial score (nSPS) is 18.4. The van der Waals surface area contributed by atoms with Crippen LogP contribution in [0, 0.1) is 0 Å². The monoisotopic (exact) mass is 276 g/mol. The van der Waals surface area contributed by atoms with Gasteiger partial charge >= 0.3 is 0 Å². The van der Waals surface area contributed by atoms with E-state index in [0.717, 1.165) is 6.42 Å². The third kappa shape index (κ3) is 4.02.